The fourth-order valence-electron chi connectivity index (χ4n) is 2.04. The Kier molecular flexibility index (Phi) is 3.22. The molecule has 0 aliphatic rings. The van der Waals surface area contributed by atoms with E-state index in [4.69, 9.17) is 12.6 Å². The van der Waals surface area contributed by atoms with E-state index in [0.29, 0.717) is 11.2 Å². The van der Waals surface area contributed by atoms with Crippen LogP contribution in [-0.4, -0.2) is 24.3 Å². The molecule has 2 heterocycles. The second kappa shape index (κ2) is 4.88. The summed E-state index contributed by atoms with van der Waals surface area (Å²) in [5.41, 5.74) is 3.25. The van der Waals surface area contributed by atoms with Crippen molar-refractivity contribution in [3.63, 3.8) is 0 Å². The van der Waals surface area contributed by atoms with Crippen LogP contribution in [0.15, 0.2) is 42.7 Å². The summed E-state index contributed by atoms with van der Waals surface area (Å²) >= 11 is 2.28. The molecule has 0 aliphatic carbocycles. The van der Waals surface area contributed by atoms with E-state index in [1.54, 1.807) is 7.11 Å². The molecule has 0 bridgehead atoms. The van der Waals surface area contributed by atoms with E-state index in [2.05, 4.69) is 27.6 Å². The molecule has 3 nitrogen and oxygen atoms in total. The maximum Gasteiger partial charge on any atom is 0.137 e. The summed E-state index contributed by atoms with van der Waals surface area (Å²) in [4.78, 5) is 4.58. The first kappa shape index (κ1) is 12.5. The lowest BCUT2D eigenvalue weighted by molar-refractivity contribution is 0.418. The van der Waals surface area contributed by atoms with Crippen molar-refractivity contribution in [2.45, 2.75) is 0 Å². The van der Waals surface area contributed by atoms with E-state index in [1.807, 2.05) is 47.1 Å². The average Bonchev–Trinajstić information content (AvgIpc) is 2.81. The molecule has 0 amide bonds. The number of fused-ring (bicyclic) bond motifs is 1. The normalized spacial score (nSPS) is 10.8. The van der Waals surface area contributed by atoms with Crippen molar-refractivity contribution in [2.75, 3.05) is 7.11 Å². The van der Waals surface area contributed by atoms with Gasteiger partial charge in [-0.3, -0.25) is 0 Å². The number of rotatable bonds is 2. The molecule has 0 N–H and O–H groups in total. The summed E-state index contributed by atoms with van der Waals surface area (Å²) < 4.78 is 8.40. The first-order valence-electron chi connectivity index (χ1n) is 5.76. The highest BCUT2D eigenvalue weighted by molar-refractivity contribution is 14.1. The summed E-state index contributed by atoms with van der Waals surface area (Å²) in [6.07, 6.45) is 4.01. The summed E-state index contributed by atoms with van der Waals surface area (Å²) in [5, 5.41) is 0. The number of benzene rings is 1. The fraction of sp³-hybridized carbons (Fsp3) is 0.0714. The first-order valence-corrected chi connectivity index (χ1v) is 6.84. The summed E-state index contributed by atoms with van der Waals surface area (Å²) in [7, 11) is 7.71. The molecule has 0 saturated carbocycles. The third-order valence-electron chi connectivity index (χ3n) is 2.98. The van der Waals surface area contributed by atoms with Gasteiger partial charge in [-0.2, -0.15) is 0 Å². The minimum Gasteiger partial charge on any atom is -0.497 e. The Hall–Kier alpha value is -1.50. The van der Waals surface area contributed by atoms with E-state index in [9.17, 15) is 0 Å². The SMILES string of the molecule is [B]c1c(OC)cccc1-c1cn2cc(I)ccc2n1. The number of methoxy groups -OCH3 is 1. The van der Waals surface area contributed by atoms with Gasteiger partial charge in [0.25, 0.3) is 0 Å². The molecule has 5 heteroatoms. The quantitative estimate of drug-likeness (QED) is 0.519. The highest BCUT2D eigenvalue weighted by Crippen LogP contribution is 2.21. The van der Waals surface area contributed by atoms with Crippen LogP contribution < -0.4 is 10.2 Å². The van der Waals surface area contributed by atoms with Crippen LogP contribution >= 0.6 is 22.6 Å². The minimum absolute atomic E-state index is 0.614. The van der Waals surface area contributed by atoms with E-state index in [1.165, 1.54) is 0 Å². The van der Waals surface area contributed by atoms with Gasteiger partial charge in [0.05, 0.1) is 12.8 Å². The summed E-state index contributed by atoms with van der Waals surface area (Å²) in [5.74, 6) is 0.670. The topological polar surface area (TPSA) is 26.5 Å². The summed E-state index contributed by atoms with van der Waals surface area (Å²) in [6.45, 7) is 0. The predicted octanol–water partition coefficient (Wildman–Crippen LogP) is 2.41. The number of halogens is 1. The van der Waals surface area contributed by atoms with Crippen molar-refractivity contribution >= 4 is 41.5 Å². The second-order valence-corrected chi connectivity index (χ2v) is 5.41. The zero-order valence-corrected chi connectivity index (χ0v) is 12.5. The van der Waals surface area contributed by atoms with Crippen LogP contribution in [0.3, 0.4) is 0 Å². The number of imidazole rings is 1. The standard InChI is InChI=1S/C14H10BIN2O/c1-19-12-4-2-3-10(14(12)15)11-8-18-7-9(16)5-6-13(18)17-11/h2-8H,1H3. The van der Waals surface area contributed by atoms with Gasteiger partial charge in [0.15, 0.2) is 0 Å². The van der Waals surface area contributed by atoms with Crippen molar-refractivity contribution in [3.05, 3.63) is 46.3 Å². The van der Waals surface area contributed by atoms with Gasteiger partial charge in [0.1, 0.15) is 19.2 Å². The smallest absolute Gasteiger partial charge is 0.137 e. The lowest BCUT2D eigenvalue weighted by Crippen LogP contribution is -2.10. The Bertz CT molecular complexity index is 754. The fourth-order valence-corrected chi connectivity index (χ4v) is 2.52. The van der Waals surface area contributed by atoms with Gasteiger partial charge in [0, 0.05) is 16.0 Å². The first-order chi connectivity index (χ1) is 9.19. The Labute approximate surface area is 126 Å². The zero-order valence-electron chi connectivity index (χ0n) is 10.3. The number of ether oxygens (including phenoxy) is 1. The summed E-state index contributed by atoms with van der Waals surface area (Å²) in [6, 6.07) is 9.73. The highest BCUT2D eigenvalue weighted by atomic mass is 127. The Morgan fingerprint density at radius 3 is 2.84 bits per heavy atom. The van der Waals surface area contributed by atoms with Crippen molar-refractivity contribution in [1.82, 2.24) is 9.38 Å². The van der Waals surface area contributed by atoms with Crippen LogP contribution in [0, 0.1) is 3.57 Å². The maximum atomic E-state index is 6.10. The molecule has 1 aromatic carbocycles. The Balaban J connectivity index is 2.19. The van der Waals surface area contributed by atoms with Gasteiger partial charge >= 0.3 is 0 Å². The van der Waals surface area contributed by atoms with Crippen molar-refractivity contribution in [2.24, 2.45) is 0 Å². The monoisotopic (exact) mass is 360 g/mol. The van der Waals surface area contributed by atoms with Gasteiger partial charge in [-0.25, -0.2) is 4.98 Å². The van der Waals surface area contributed by atoms with Crippen LogP contribution in [0.25, 0.3) is 16.9 Å². The third-order valence-corrected chi connectivity index (χ3v) is 3.62. The lowest BCUT2D eigenvalue weighted by atomic mass is 9.88. The molecule has 19 heavy (non-hydrogen) atoms. The molecular formula is C14H10BIN2O. The molecule has 0 aliphatic heterocycles. The number of nitrogens with zero attached hydrogens (tertiary/aromatic N) is 2. The highest BCUT2D eigenvalue weighted by Gasteiger charge is 2.09. The lowest BCUT2D eigenvalue weighted by Gasteiger charge is -2.08. The molecular weight excluding hydrogens is 350 g/mol. The molecule has 0 spiro atoms. The van der Waals surface area contributed by atoms with Crippen molar-refractivity contribution in [3.8, 4) is 17.0 Å². The average molecular weight is 360 g/mol. The molecule has 3 aromatic rings. The number of pyridine rings is 1. The van der Waals surface area contributed by atoms with Gasteiger partial charge in [0.2, 0.25) is 0 Å². The van der Waals surface area contributed by atoms with Crippen LogP contribution in [-0.2, 0) is 0 Å². The molecule has 0 fully saturated rings. The van der Waals surface area contributed by atoms with Crippen molar-refractivity contribution in [1.29, 1.82) is 0 Å². The largest absolute Gasteiger partial charge is 0.497 e. The molecule has 0 atom stereocenters. The van der Waals surface area contributed by atoms with Crippen LogP contribution in [0.4, 0.5) is 0 Å². The van der Waals surface area contributed by atoms with Crippen LogP contribution in [0.5, 0.6) is 5.75 Å². The molecule has 0 saturated heterocycles. The second-order valence-electron chi connectivity index (χ2n) is 4.16. The number of hydrogen-bond acceptors (Lipinski definition) is 2. The predicted molar refractivity (Wildman–Crippen MR) is 85.3 cm³/mol. The Morgan fingerprint density at radius 2 is 2.05 bits per heavy atom. The molecule has 92 valence electrons. The molecule has 0 unspecified atom stereocenters. The van der Waals surface area contributed by atoms with Gasteiger partial charge in [-0.15, -0.1) is 0 Å². The van der Waals surface area contributed by atoms with Gasteiger partial charge in [-0.05, 0) is 51.8 Å². The molecule has 2 aromatic heterocycles. The van der Waals surface area contributed by atoms with Crippen molar-refractivity contribution < 1.29 is 4.74 Å². The number of hydrogen-bond donors (Lipinski definition) is 0. The van der Waals surface area contributed by atoms with E-state index < -0.39 is 0 Å². The minimum atomic E-state index is 0.614. The van der Waals surface area contributed by atoms with E-state index in [0.717, 1.165) is 20.5 Å². The molecule has 2 radical (unpaired) electrons. The van der Waals surface area contributed by atoms with Gasteiger partial charge in [-0.1, -0.05) is 12.1 Å². The maximum absolute atomic E-state index is 6.10. The van der Waals surface area contributed by atoms with Crippen LogP contribution in [0.1, 0.15) is 0 Å². The van der Waals surface area contributed by atoms with Gasteiger partial charge < -0.3 is 9.14 Å². The number of aromatic nitrogens is 2. The third kappa shape index (κ3) is 2.23. The van der Waals surface area contributed by atoms with E-state index >= 15 is 0 Å². The molecule has 3 rings (SSSR count). The zero-order chi connectivity index (χ0) is 13.4. The van der Waals surface area contributed by atoms with Crippen LogP contribution in [0.2, 0.25) is 0 Å². The Morgan fingerprint density at radius 1 is 1.21 bits per heavy atom. The van der Waals surface area contributed by atoms with E-state index in [-0.39, 0.29) is 0 Å².